The maximum absolute atomic E-state index is 10.3. The molecular weight excluding hydrogens is 318 g/mol. The average Bonchev–Trinajstić information content (AvgIpc) is 3.08. The lowest BCUT2D eigenvalue weighted by Gasteiger charge is -2.56. The summed E-state index contributed by atoms with van der Waals surface area (Å²) in [5.74, 6) is 1.60. The van der Waals surface area contributed by atoms with Crippen LogP contribution in [0.4, 0.5) is 5.82 Å². The third-order valence-corrected chi connectivity index (χ3v) is 5.72. The monoisotopic (exact) mass is 343 g/mol. The van der Waals surface area contributed by atoms with Crippen LogP contribution in [-0.2, 0) is 4.74 Å². The predicted octanol–water partition coefficient (Wildman–Crippen LogP) is 1.73. The number of piperidine rings is 1. The van der Waals surface area contributed by atoms with Crippen LogP contribution in [0.5, 0.6) is 0 Å². The number of hydrogen-bond donors (Lipinski definition) is 1. The molecule has 1 aliphatic carbocycles. The molecule has 0 unspecified atom stereocenters. The molecule has 1 saturated heterocycles. The van der Waals surface area contributed by atoms with Crippen LogP contribution in [0.2, 0.25) is 0 Å². The molecule has 134 valence electrons. The van der Waals surface area contributed by atoms with E-state index in [2.05, 4.69) is 20.2 Å². The van der Waals surface area contributed by atoms with E-state index in [1.54, 1.807) is 4.68 Å². The minimum Gasteiger partial charge on any atom is -0.392 e. The van der Waals surface area contributed by atoms with Crippen LogP contribution in [0.15, 0.2) is 24.4 Å². The highest BCUT2D eigenvalue weighted by Crippen LogP contribution is 2.51. The van der Waals surface area contributed by atoms with Crippen LogP contribution in [-0.4, -0.2) is 57.0 Å². The summed E-state index contributed by atoms with van der Waals surface area (Å²) < 4.78 is 7.56. The van der Waals surface area contributed by atoms with Crippen molar-refractivity contribution in [3.05, 3.63) is 30.1 Å². The van der Waals surface area contributed by atoms with Gasteiger partial charge in [-0.2, -0.15) is 5.10 Å². The lowest BCUT2D eigenvalue weighted by molar-refractivity contribution is -0.199. The molecule has 2 aromatic heterocycles. The van der Waals surface area contributed by atoms with Crippen LogP contribution < -0.4 is 4.90 Å². The number of hydrogen-bond acceptors (Lipinski definition) is 6. The van der Waals surface area contributed by atoms with Gasteiger partial charge >= 0.3 is 0 Å². The maximum Gasteiger partial charge on any atom is 0.175 e. The Bertz CT molecular complexity index is 719. The molecule has 1 aliphatic heterocycles. The van der Waals surface area contributed by atoms with Crippen molar-refractivity contribution in [1.29, 1.82) is 0 Å². The SMILES string of the molecule is CCO[C@@H]1C[C@@H](O)C12CCN(c1ccc(-n3ccc(C)n3)nn1)CC2. The molecule has 4 rings (SSSR count). The minimum absolute atomic E-state index is 0.0630. The Morgan fingerprint density at radius 1 is 1.20 bits per heavy atom. The molecule has 25 heavy (non-hydrogen) atoms. The van der Waals surface area contributed by atoms with Crippen molar-refractivity contribution in [2.75, 3.05) is 24.6 Å². The highest BCUT2D eigenvalue weighted by Gasteiger charge is 2.56. The number of rotatable bonds is 4. The Balaban J connectivity index is 1.42. The van der Waals surface area contributed by atoms with Gasteiger partial charge in [-0.05, 0) is 44.9 Å². The van der Waals surface area contributed by atoms with Crippen LogP contribution >= 0.6 is 0 Å². The maximum atomic E-state index is 10.3. The first-order valence-corrected chi connectivity index (χ1v) is 9.03. The van der Waals surface area contributed by atoms with Gasteiger partial charge in [0.2, 0.25) is 0 Å². The summed E-state index contributed by atoms with van der Waals surface area (Å²) in [6.45, 7) is 6.42. The molecule has 2 aliphatic rings. The Hall–Kier alpha value is -1.99. The fourth-order valence-electron chi connectivity index (χ4n) is 4.12. The van der Waals surface area contributed by atoms with Crippen molar-refractivity contribution >= 4 is 5.82 Å². The van der Waals surface area contributed by atoms with Crippen molar-refractivity contribution in [3.8, 4) is 5.82 Å². The van der Waals surface area contributed by atoms with Gasteiger partial charge < -0.3 is 14.7 Å². The number of aliphatic hydroxyl groups excluding tert-OH is 1. The van der Waals surface area contributed by atoms with Crippen LogP contribution in [0.25, 0.3) is 5.82 Å². The molecule has 1 spiro atoms. The molecule has 0 aromatic carbocycles. The van der Waals surface area contributed by atoms with Gasteiger partial charge in [0.25, 0.3) is 0 Å². The molecule has 7 heteroatoms. The third kappa shape index (κ3) is 2.81. The standard InChI is InChI=1S/C18H25N5O2/c1-3-25-15-12-14(24)18(15)7-10-22(11-8-18)16-4-5-17(20-19-16)23-9-6-13(2)21-23/h4-6,9,14-15,24H,3,7-8,10-12H2,1-2H3/t14-,15-/m1/s1. The molecule has 0 bridgehead atoms. The quantitative estimate of drug-likeness (QED) is 0.911. The van der Waals surface area contributed by atoms with E-state index >= 15 is 0 Å². The lowest BCUT2D eigenvalue weighted by Crippen LogP contribution is -2.62. The molecule has 1 N–H and O–H groups in total. The first kappa shape index (κ1) is 16.5. The van der Waals surface area contributed by atoms with Crippen LogP contribution in [0.1, 0.15) is 31.9 Å². The summed E-state index contributed by atoms with van der Waals surface area (Å²) in [5.41, 5.74) is 0.891. The van der Waals surface area contributed by atoms with Crippen molar-refractivity contribution < 1.29 is 9.84 Å². The second-order valence-electron chi connectivity index (χ2n) is 7.07. The summed E-state index contributed by atoms with van der Waals surface area (Å²) in [6.07, 6.45) is 4.48. The number of ether oxygens (including phenoxy) is 1. The van der Waals surface area contributed by atoms with Gasteiger partial charge in [-0.25, -0.2) is 4.68 Å². The first-order valence-electron chi connectivity index (χ1n) is 9.03. The van der Waals surface area contributed by atoms with E-state index < -0.39 is 0 Å². The highest BCUT2D eigenvalue weighted by atomic mass is 16.5. The molecular formula is C18H25N5O2. The number of nitrogens with zero attached hydrogens (tertiary/aromatic N) is 5. The summed E-state index contributed by atoms with van der Waals surface area (Å²) >= 11 is 0. The Morgan fingerprint density at radius 2 is 1.92 bits per heavy atom. The van der Waals surface area contributed by atoms with E-state index in [4.69, 9.17) is 4.74 Å². The number of aromatic nitrogens is 4. The normalized spacial score (nSPS) is 25.2. The zero-order chi connectivity index (χ0) is 17.4. The molecule has 7 nitrogen and oxygen atoms in total. The van der Waals surface area contributed by atoms with Crippen LogP contribution in [0, 0.1) is 12.3 Å². The van der Waals surface area contributed by atoms with Crippen molar-refractivity contribution in [1.82, 2.24) is 20.0 Å². The Labute approximate surface area is 147 Å². The van der Waals surface area contributed by atoms with E-state index in [1.165, 1.54) is 0 Å². The number of aliphatic hydroxyl groups is 1. The van der Waals surface area contributed by atoms with Crippen molar-refractivity contribution in [3.63, 3.8) is 0 Å². The van der Waals surface area contributed by atoms with Gasteiger partial charge in [-0.3, -0.25) is 0 Å². The second kappa shape index (κ2) is 6.38. The number of aryl methyl sites for hydroxylation is 1. The van der Waals surface area contributed by atoms with E-state index in [-0.39, 0.29) is 17.6 Å². The Morgan fingerprint density at radius 3 is 2.48 bits per heavy atom. The van der Waals surface area contributed by atoms with Gasteiger partial charge in [0.15, 0.2) is 11.6 Å². The minimum atomic E-state index is -0.234. The largest absolute Gasteiger partial charge is 0.392 e. The van der Waals surface area contributed by atoms with E-state index in [0.717, 1.165) is 49.7 Å². The average molecular weight is 343 g/mol. The van der Waals surface area contributed by atoms with Crippen molar-refractivity contribution in [2.45, 2.75) is 45.3 Å². The molecule has 2 aromatic rings. The van der Waals surface area contributed by atoms with Gasteiger partial charge in [0.1, 0.15) is 0 Å². The smallest absolute Gasteiger partial charge is 0.175 e. The predicted molar refractivity (Wildman–Crippen MR) is 93.8 cm³/mol. The summed E-state index contributed by atoms with van der Waals surface area (Å²) in [4.78, 5) is 2.24. The molecule has 3 heterocycles. The lowest BCUT2D eigenvalue weighted by atomic mass is 9.58. The van der Waals surface area contributed by atoms with Crippen molar-refractivity contribution in [2.24, 2.45) is 5.41 Å². The fourth-order valence-corrected chi connectivity index (χ4v) is 4.12. The fraction of sp³-hybridized carbons (Fsp3) is 0.611. The van der Waals surface area contributed by atoms with Crippen LogP contribution in [0.3, 0.4) is 0 Å². The summed E-state index contributed by atoms with van der Waals surface area (Å²) in [7, 11) is 0. The van der Waals surface area contributed by atoms with E-state index in [1.807, 2.05) is 38.2 Å². The highest BCUT2D eigenvalue weighted by molar-refractivity contribution is 5.40. The van der Waals surface area contributed by atoms with E-state index in [9.17, 15) is 5.11 Å². The zero-order valence-electron chi connectivity index (χ0n) is 14.8. The molecule has 2 atom stereocenters. The van der Waals surface area contributed by atoms with E-state index in [0.29, 0.717) is 6.61 Å². The third-order valence-electron chi connectivity index (χ3n) is 5.72. The number of anilines is 1. The molecule has 0 amide bonds. The van der Waals surface area contributed by atoms with Gasteiger partial charge in [-0.15, -0.1) is 10.2 Å². The zero-order valence-corrected chi connectivity index (χ0v) is 14.8. The Kier molecular flexibility index (Phi) is 4.21. The second-order valence-corrected chi connectivity index (χ2v) is 7.07. The topological polar surface area (TPSA) is 76.3 Å². The molecule has 0 radical (unpaired) electrons. The van der Waals surface area contributed by atoms with Gasteiger partial charge in [0, 0.05) is 37.7 Å². The molecule has 2 fully saturated rings. The van der Waals surface area contributed by atoms with Gasteiger partial charge in [-0.1, -0.05) is 0 Å². The first-order chi connectivity index (χ1) is 12.1. The molecule has 1 saturated carbocycles. The summed E-state index contributed by atoms with van der Waals surface area (Å²) in [5, 5.41) is 23.3. The van der Waals surface area contributed by atoms with Gasteiger partial charge in [0.05, 0.1) is 17.9 Å². The summed E-state index contributed by atoms with van der Waals surface area (Å²) in [6, 6.07) is 5.88.